The number of amides is 2. The van der Waals surface area contributed by atoms with Crippen LogP contribution in [0, 0.1) is 0 Å². The first-order valence-electron chi connectivity index (χ1n) is 6.69. The molecule has 24 heavy (non-hydrogen) atoms. The summed E-state index contributed by atoms with van der Waals surface area (Å²) in [6.45, 7) is 0. The molecule has 0 radical (unpaired) electrons. The van der Waals surface area contributed by atoms with E-state index < -0.39 is 11.8 Å². The number of hydrazine groups is 1. The molecule has 0 aliphatic carbocycles. The topological polar surface area (TPSA) is 115 Å². The van der Waals surface area contributed by atoms with E-state index in [9.17, 15) is 9.59 Å². The number of aromatic nitrogens is 5. The third-order valence-electron chi connectivity index (χ3n) is 3.02. The molecule has 2 N–H and O–H groups in total. The highest BCUT2D eigenvalue weighted by Crippen LogP contribution is 2.08. The van der Waals surface area contributed by atoms with E-state index in [4.69, 9.17) is 11.6 Å². The van der Waals surface area contributed by atoms with Crippen molar-refractivity contribution in [3.8, 4) is 5.69 Å². The second-order valence-electron chi connectivity index (χ2n) is 4.58. The van der Waals surface area contributed by atoms with Gasteiger partial charge in [-0.05, 0) is 46.8 Å². The number of hydrogen-bond donors (Lipinski definition) is 2. The summed E-state index contributed by atoms with van der Waals surface area (Å²) in [5, 5.41) is 11.1. The van der Waals surface area contributed by atoms with E-state index >= 15 is 0 Å². The summed E-state index contributed by atoms with van der Waals surface area (Å²) in [7, 11) is 0. The van der Waals surface area contributed by atoms with Crippen molar-refractivity contribution in [1.29, 1.82) is 0 Å². The van der Waals surface area contributed by atoms with Crippen LogP contribution in [0.4, 0.5) is 0 Å². The zero-order chi connectivity index (χ0) is 16.9. The van der Waals surface area contributed by atoms with Crippen LogP contribution in [0.1, 0.15) is 20.7 Å². The van der Waals surface area contributed by atoms with Gasteiger partial charge >= 0.3 is 0 Å². The summed E-state index contributed by atoms with van der Waals surface area (Å²) in [4.78, 5) is 27.7. The van der Waals surface area contributed by atoms with Gasteiger partial charge in [0.25, 0.3) is 11.8 Å². The number of carbonyl (C=O) groups is 2. The van der Waals surface area contributed by atoms with Crippen LogP contribution in [0.5, 0.6) is 0 Å². The van der Waals surface area contributed by atoms with Crippen molar-refractivity contribution >= 4 is 23.4 Å². The number of benzene rings is 1. The van der Waals surface area contributed by atoms with Crippen molar-refractivity contribution in [3.63, 3.8) is 0 Å². The number of halogens is 1. The minimum absolute atomic E-state index is 0.272. The fourth-order valence-electron chi connectivity index (χ4n) is 1.81. The average Bonchev–Trinajstić information content (AvgIpc) is 3.15. The second-order valence-corrected chi connectivity index (χ2v) is 4.97. The lowest BCUT2D eigenvalue weighted by Crippen LogP contribution is -2.41. The zero-order valence-electron chi connectivity index (χ0n) is 12.0. The Kier molecular flexibility index (Phi) is 4.43. The Morgan fingerprint density at radius 2 is 1.62 bits per heavy atom. The fourth-order valence-corrected chi connectivity index (χ4v) is 1.92. The van der Waals surface area contributed by atoms with Gasteiger partial charge in [0.15, 0.2) is 0 Å². The van der Waals surface area contributed by atoms with Gasteiger partial charge in [-0.15, -0.1) is 5.10 Å². The first-order valence-corrected chi connectivity index (χ1v) is 7.07. The van der Waals surface area contributed by atoms with Crippen molar-refractivity contribution in [3.05, 3.63) is 65.2 Å². The smallest absolute Gasteiger partial charge is 0.267 e. The Bertz CT molecular complexity index is 848. The van der Waals surface area contributed by atoms with Crippen molar-refractivity contribution in [2.24, 2.45) is 0 Å². The summed E-state index contributed by atoms with van der Waals surface area (Å²) in [6, 6.07) is 9.50. The van der Waals surface area contributed by atoms with Crippen LogP contribution in [0.15, 0.2) is 48.9 Å². The van der Waals surface area contributed by atoms with Gasteiger partial charge in [-0.3, -0.25) is 20.4 Å². The lowest BCUT2D eigenvalue weighted by Gasteiger charge is -2.08. The first-order chi connectivity index (χ1) is 11.6. The molecule has 0 saturated carbocycles. The normalized spacial score (nSPS) is 10.2. The van der Waals surface area contributed by atoms with Crippen LogP contribution < -0.4 is 10.9 Å². The largest absolute Gasteiger partial charge is 0.271 e. The van der Waals surface area contributed by atoms with Crippen molar-refractivity contribution in [1.82, 2.24) is 36.0 Å². The van der Waals surface area contributed by atoms with E-state index in [1.165, 1.54) is 29.3 Å². The standard InChI is InChI=1S/C14H10ClN7O2/c15-12-6-3-10(7-16-12)14(24)19-18-13(23)9-1-4-11(5-2-9)22-8-17-20-21-22/h1-8H,(H,18,23)(H,19,24). The molecule has 3 aromatic rings. The van der Waals surface area contributed by atoms with Gasteiger partial charge in [0.1, 0.15) is 11.5 Å². The molecule has 10 heteroatoms. The Morgan fingerprint density at radius 3 is 2.21 bits per heavy atom. The van der Waals surface area contributed by atoms with E-state index in [0.717, 1.165) is 0 Å². The summed E-state index contributed by atoms with van der Waals surface area (Å²) in [6.07, 6.45) is 2.75. The zero-order valence-corrected chi connectivity index (χ0v) is 12.8. The first kappa shape index (κ1) is 15.6. The number of pyridine rings is 1. The number of nitrogens with one attached hydrogen (secondary N) is 2. The lowest BCUT2D eigenvalue weighted by molar-refractivity contribution is 0.0846. The van der Waals surface area contributed by atoms with Crippen LogP contribution in [0.3, 0.4) is 0 Å². The monoisotopic (exact) mass is 343 g/mol. The van der Waals surface area contributed by atoms with Gasteiger partial charge in [0, 0.05) is 11.8 Å². The third kappa shape index (κ3) is 3.52. The second kappa shape index (κ2) is 6.84. The molecule has 9 nitrogen and oxygen atoms in total. The van der Waals surface area contributed by atoms with Crippen LogP contribution >= 0.6 is 11.6 Å². The molecular weight excluding hydrogens is 334 g/mol. The molecule has 0 aliphatic rings. The third-order valence-corrected chi connectivity index (χ3v) is 3.25. The SMILES string of the molecule is O=C(NNC(=O)c1ccc(Cl)nc1)c1ccc(-n2cnnn2)cc1. The van der Waals surface area contributed by atoms with E-state index in [0.29, 0.717) is 11.3 Å². The Balaban J connectivity index is 1.60. The highest BCUT2D eigenvalue weighted by atomic mass is 35.5. The van der Waals surface area contributed by atoms with Gasteiger partial charge in [0.05, 0.1) is 11.3 Å². The van der Waals surface area contributed by atoms with Gasteiger partial charge in [-0.1, -0.05) is 11.6 Å². The molecule has 2 aromatic heterocycles. The number of tetrazole rings is 1. The molecule has 0 spiro atoms. The molecular formula is C14H10ClN7O2. The molecule has 2 heterocycles. The predicted molar refractivity (Wildman–Crippen MR) is 83.3 cm³/mol. The average molecular weight is 344 g/mol. The van der Waals surface area contributed by atoms with E-state index in [2.05, 4.69) is 31.4 Å². The number of nitrogens with zero attached hydrogens (tertiary/aromatic N) is 5. The van der Waals surface area contributed by atoms with E-state index in [1.54, 1.807) is 24.3 Å². The maximum Gasteiger partial charge on any atom is 0.271 e. The maximum absolute atomic E-state index is 12.0. The van der Waals surface area contributed by atoms with Crippen LogP contribution in [-0.4, -0.2) is 37.0 Å². The highest BCUT2D eigenvalue weighted by Gasteiger charge is 2.10. The van der Waals surface area contributed by atoms with Gasteiger partial charge < -0.3 is 0 Å². The molecule has 3 rings (SSSR count). The van der Waals surface area contributed by atoms with Crippen LogP contribution in [0.25, 0.3) is 5.69 Å². The number of hydrogen-bond acceptors (Lipinski definition) is 6. The van der Waals surface area contributed by atoms with Gasteiger partial charge in [0.2, 0.25) is 0 Å². The van der Waals surface area contributed by atoms with Crippen LogP contribution in [-0.2, 0) is 0 Å². The quantitative estimate of drug-likeness (QED) is 0.536. The molecule has 0 saturated heterocycles. The molecule has 0 bridgehead atoms. The predicted octanol–water partition coefficient (Wildman–Crippen LogP) is 0.785. The Labute approximate surface area is 140 Å². The van der Waals surface area contributed by atoms with Crippen molar-refractivity contribution < 1.29 is 9.59 Å². The summed E-state index contributed by atoms with van der Waals surface area (Å²) < 4.78 is 1.46. The van der Waals surface area contributed by atoms with Crippen molar-refractivity contribution in [2.45, 2.75) is 0 Å². The molecule has 0 unspecified atom stereocenters. The molecule has 120 valence electrons. The summed E-state index contributed by atoms with van der Waals surface area (Å²) >= 11 is 5.65. The molecule has 1 aromatic carbocycles. The minimum atomic E-state index is -0.502. The molecule has 0 aliphatic heterocycles. The maximum atomic E-state index is 12.0. The van der Waals surface area contributed by atoms with Crippen LogP contribution in [0.2, 0.25) is 5.15 Å². The molecule has 0 fully saturated rings. The Morgan fingerprint density at radius 1 is 0.958 bits per heavy atom. The lowest BCUT2D eigenvalue weighted by atomic mass is 10.2. The summed E-state index contributed by atoms with van der Waals surface area (Å²) in [5.74, 6) is -0.966. The van der Waals surface area contributed by atoms with Gasteiger partial charge in [-0.2, -0.15) is 0 Å². The number of carbonyl (C=O) groups excluding carboxylic acids is 2. The summed E-state index contributed by atoms with van der Waals surface area (Å²) in [5.41, 5.74) is 5.96. The highest BCUT2D eigenvalue weighted by molar-refractivity contribution is 6.29. The minimum Gasteiger partial charge on any atom is -0.267 e. The van der Waals surface area contributed by atoms with E-state index in [1.807, 2.05) is 0 Å². The van der Waals surface area contributed by atoms with Gasteiger partial charge in [-0.25, -0.2) is 9.67 Å². The Hall–Kier alpha value is -3.33. The molecule has 0 atom stereocenters. The van der Waals surface area contributed by atoms with Crippen molar-refractivity contribution in [2.75, 3.05) is 0 Å². The van der Waals surface area contributed by atoms with E-state index in [-0.39, 0.29) is 10.7 Å². The molecule has 2 amide bonds. The fraction of sp³-hybridized carbons (Fsp3) is 0. The number of rotatable bonds is 3.